The lowest BCUT2D eigenvalue weighted by Gasteiger charge is -2.03. The van der Waals surface area contributed by atoms with Crippen LogP contribution in [0.4, 0.5) is 0 Å². The number of hydrogen-bond acceptors (Lipinski definition) is 3. The van der Waals surface area contributed by atoms with Crippen molar-refractivity contribution in [3.63, 3.8) is 0 Å². The van der Waals surface area contributed by atoms with Gasteiger partial charge in [0, 0.05) is 12.8 Å². The van der Waals surface area contributed by atoms with Crippen LogP contribution in [-0.2, 0) is 19.3 Å². The highest BCUT2D eigenvalue weighted by atomic mass is 16.5. The van der Waals surface area contributed by atoms with Crippen LogP contribution >= 0.6 is 0 Å². The molecule has 0 aliphatic carbocycles. The maximum absolute atomic E-state index is 5.73. The number of ether oxygens (including phenoxy) is 1. The van der Waals surface area contributed by atoms with Gasteiger partial charge in [0.25, 0.3) is 0 Å². The van der Waals surface area contributed by atoms with Crippen molar-refractivity contribution in [3.8, 4) is 17.1 Å². The molecule has 3 aromatic rings. The largest absolute Gasteiger partial charge is 0.492 e. The van der Waals surface area contributed by atoms with E-state index in [1.807, 2.05) is 18.2 Å². The Balaban J connectivity index is 1.54. The Labute approximate surface area is 129 Å². The number of aromatic nitrogens is 3. The van der Waals surface area contributed by atoms with E-state index in [1.165, 1.54) is 11.1 Å². The Morgan fingerprint density at radius 2 is 1.91 bits per heavy atom. The third kappa shape index (κ3) is 2.48. The number of aromatic amines is 1. The van der Waals surface area contributed by atoms with Crippen LogP contribution in [0, 0.1) is 0 Å². The summed E-state index contributed by atoms with van der Waals surface area (Å²) in [5.41, 5.74) is 3.54. The van der Waals surface area contributed by atoms with Crippen molar-refractivity contribution in [1.29, 1.82) is 0 Å². The first-order valence-corrected chi connectivity index (χ1v) is 7.60. The number of para-hydroxylation sites is 1. The van der Waals surface area contributed by atoms with Gasteiger partial charge < -0.3 is 4.74 Å². The normalized spacial score (nSPS) is 12.9. The van der Waals surface area contributed by atoms with Crippen LogP contribution in [0.3, 0.4) is 0 Å². The average Bonchev–Trinajstić information content (AvgIpc) is 3.22. The maximum atomic E-state index is 5.73. The Bertz CT molecular complexity index is 780. The second-order valence-electron chi connectivity index (χ2n) is 5.48. The monoisotopic (exact) mass is 291 g/mol. The zero-order valence-corrected chi connectivity index (χ0v) is 12.2. The molecule has 2 heterocycles. The molecule has 0 saturated heterocycles. The van der Waals surface area contributed by atoms with Crippen molar-refractivity contribution in [2.24, 2.45) is 0 Å². The zero-order valence-electron chi connectivity index (χ0n) is 12.2. The van der Waals surface area contributed by atoms with Gasteiger partial charge in [-0.1, -0.05) is 42.5 Å². The molecule has 110 valence electrons. The van der Waals surface area contributed by atoms with Crippen molar-refractivity contribution in [1.82, 2.24) is 15.2 Å². The Hall–Kier alpha value is -2.62. The minimum absolute atomic E-state index is 0.724. The van der Waals surface area contributed by atoms with Gasteiger partial charge in [-0.15, -0.1) is 0 Å². The SMILES string of the molecule is c1ccc(CCc2nc(-c3cccc4c3OCC4)n[nH]2)cc1. The van der Waals surface area contributed by atoms with Gasteiger partial charge in [0.05, 0.1) is 12.2 Å². The van der Waals surface area contributed by atoms with Gasteiger partial charge in [0.2, 0.25) is 0 Å². The summed E-state index contributed by atoms with van der Waals surface area (Å²) in [7, 11) is 0. The molecule has 4 rings (SSSR count). The van der Waals surface area contributed by atoms with Gasteiger partial charge in [-0.3, -0.25) is 5.10 Å². The lowest BCUT2D eigenvalue weighted by Crippen LogP contribution is -1.93. The first-order valence-electron chi connectivity index (χ1n) is 7.60. The summed E-state index contributed by atoms with van der Waals surface area (Å²) in [6, 6.07) is 16.6. The molecule has 1 aromatic heterocycles. The Morgan fingerprint density at radius 3 is 2.82 bits per heavy atom. The number of rotatable bonds is 4. The molecular weight excluding hydrogens is 274 g/mol. The van der Waals surface area contributed by atoms with E-state index in [-0.39, 0.29) is 0 Å². The second-order valence-corrected chi connectivity index (χ2v) is 5.48. The molecule has 1 aliphatic rings. The molecule has 1 aliphatic heterocycles. The first-order chi connectivity index (χ1) is 10.9. The molecule has 0 radical (unpaired) electrons. The summed E-state index contributed by atoms with van der Waals surface area (Å²) in [6.07, 6.45) is 2.78. The fraction of sp³-hybridized carbons (Fsp3) is 0.222. The number of aryl methyl sites for hydroxylation is 2. The molecule has 4 heteroatoms. The van der Waals surface area contributed by atoms with Crippen LogP contribution in [0.15, 0.2) is 48.5 Å². The predicted octanol–water partition coefficient (Wildman–Crippen LogP) is 3.19. The van der Waals surface area contributed by atoms with Crippen LogP contribution in [0.5, 0.6) is 5.75 Å². The molecule has 0 atom stereocenters. The van der Waals surface area contributed by atoms with Crippen LogP contribution < -0.4 is 4.74 Å². The number of nitrogens with one attached hydrogen (secondary N) is 1. The molecule has 22 heavy (non-hydrogen) atoms. The van der Waals surface area contributed by atoms with Gasteiger partial charge in [-0.2, -0.15) is 5.10 Å². The van der Waals surface area contributed by atoms with Crippen molar-refractivity contribution in [3.05, 3.63) is 65.5 Å². The first kappa shape index (κ1) is 13.1. The smallest absolute Gasteiger partial charge is 0.184 e. The highest BCUT2D eigenvalue weighted by Crippen LogP contribution is 2.34. The van der Waals surface area contributed by atoms with E-state index in [0.717, 1.165) is 48.8 Å². The van der Waals surface area contributed by atoms with Gasteiger partial charge in [0.1, 0.15) is 11.6 Å². The van der Waals surface area contributed by atoms with Crippen LogP contribution in [0.1, 0.15) is 17.0 Å². The standard InChI is InChI=1S/C18H17N3O/c1-2-5-13(6-3-1)9-10-16-19-18(21-20-16)15-8-4-7-14-11-12-22-17(14)15/h1-8H,9-12H2,(H,19,20,21). The lowest BCUT2D eigenvalue weighted by atomic mass is 10.1. The topological polar surface area (TPSA) is 50.8 Å². The predicted molar refractivity (Wildman–Crippen MR) is 84.9 cm³/mol. The van der Waals surface area contributed by atoms with E-state index < -0.39 is 0 Å². The quantitative estimate of drug-likeness (QED) is 0.803. The van der Waals surface area contributed by atoms with E-state index in [4.69, 9.17) is 4.74 Å². The molecule has 0 fully saturated rings. The molecular formula is C18H17N3O. The van der Waals surface area contributed by atoms with Gasteiger partial charge in [-0.25, -0.2) is 4.98 Å². The van der Waals surface area contributed by atoms with E-state index in [9.17, 15) is 0 Å². The fourth-order valence-electron chi connectivity index (χ4n) is 2.83. The number of nitrogens with zero attached hydrogens (tertiary/aromatic N) is 2. The van der Waals surface area contributed by atoms with Crippen LogP contribution in [-0.4, -0.2) is 21.8 Å². The molecule has 0 spiro atoms. The minimum atomic E-state index is 0.724. The molecule has 1 N–H and O–H groups in total. The summed E-state index contributed by atoms with van der Waals surface area (Å²) in [4.78, 5) is 4.63. The number of benzene rings is 2. The van der Waals surface area contributed by atoms with E-state index in [1.54, 1.807) is 0 Å². The molecule has 0 amide bonds. The minimum Gasteiger partial charge on any atom is -0.492 e. The summed E-state index contributed by atoms with van der Waals surface area (Å²) >= 11 is 0. The Morgan fingerprint density at radius 1 is 1.00 bits per heavy atom. The van der Waals surface area contributed by atoms with Crippen molar-refractivity contribution in [2.75, 3.05) is 6.61 Å². The third-order valence-corrected chi connectivity index (χ3v) is 3.98. The van der Waals surface area contributed by atoms with Gasteiger partial charge >= 0.3 is 0 Å². The maximum Gasteiger partial charge on any atom is 0.184 e. The second kappa shape index (κ2) is 5.64. The Kier molecular flexibility index (Phi) is 3.35. The molecule has 4 nitrogen and oxygen atoms in total. The number of H-pyrrole nitrogens is 1. The van der Waals surface area contributed by atoms with Crippen molar-refractivity contribution in [2.45, 2.75) is 19.3 Å². The summed E-state index contributed by atoms with van der Waals surface area (Å²) in [6.45, 7) is 0.748. The summed E-state index contributed by atoms with van der Waals surface area (Å²) < 4.78 is 5.73. The molecule has 2 aromatic carbocycles. The van der Waals surface area contributed by atoms with E-state index in [2.05, 4.69) is 45.5 Å². The van der Waals surface area contributed by atoms with Crippen LogP contribution in [0.2, 0.25) is 0 Å². The third-order valence-electron chi connectivity index (χ3n) is 3.98. The zero-order chi connectivity index (χ0) is 14.8. The van der Waals surface area contributed by atoms with Crippen LogP contribution in [0.25, 0.3) is 11.4 Å². The van der Waals surface area contributed by atoms with Gasteiger partial charge in [-0.05, 0) is 23.6 Å². The lowest BCUT2D eigenvalue weighted by molar-refractivity contribution is 0.358. The van der Waals surface area contributed by atoms with Gasteiger partial charge in [0.15, 0.2) is 5.82 Å². The van der Waals surface area contributed by atoms with Crippen molar-refractivity contribution >= 4 is 0 Å². The molecule has 0 saturated carbocycles. The number of hydrogen-bond donors (Lipinski definition) is 1. The highest BCUT2D eigenvalue weighted by molar-refractivity contribution is 5.67. The molecule has 0 bridgehead atoms. The number of fused-ring (bicyclic) bond motifs is 1. The summed E-state index contributed by atoms with van der Waals surface area (Å²) in [5.74, 6) is 2.58. The van der Waals surface area contributed by atoms with E-state index in [0.29, 0.717) is 0 Å². The highest BCUT2D eigenvalue weighted by Gasteiger charge is 2.19. The van der Waals surface area contributed by atoms with Crippen molar-refractivity contribution < 1.29 is 4.74 Å². The molecule has 0 unspecified atom stereocenters. The van der Waals surface area contributed by atoms with E-state index >= 15 is 0 Å². The average molecular weight is 291 g/mol. The summed E-state index contributed by atoms with van der Waals surface area (Å²) in [5, 5.41) is 7.41. The fourth-order valence-corrected chi connectivity index (χ4v) is 2.83.